The second-order valence-electron chi connectivity index (χ2n) is 11.4. The fourth-order valence-electron chi connectivity index (χ4n) is 6.18. The highest BCUT2D eigenvalue weighted by molar-refractivity contribution is 5.82. The number of hydrogen-bond acceptors (Lipinski definition) is 7. The van der Waals surface area contributed by atoms with E-state index in [9.17, 15) is 23.1 Å². The molecule has 3 aromatic rings. The minimum atomic E-state index is -4.38. The molecular formula is C30H33F3N6O2. The average molecular weight is 567 g/mol. The second kappa shape index (κ2) is 11.0. The van der Waals surface area contributed by atoms with Crippen LogP contribution in [0.1, 0.15) is 43.4 Å². The normalized spacial score (nSPS) is 25.3. The van der Waals surface area contributed by atoms with Gasteiger partial charge >= 0.3 is 6.18 Å². The van der Waals surface area contributed by atoms with Gasteiger partial charge in [-0.2, -0.15) is 13.2 Å². The Labute approximate surface area is 236 Å². The molecule has 4 heterocycles. The molecule has 2 aliphatic heterocycles. The smallest absolute Gasteiger partial charge is 0.384 e. The second-order valence-corrected chi connectivity index (χ2v) is 11.4. The zero-order valence-corrected chi connectivity index (χ0v) is 22.6. The van der Waals surface area contributed by atoms with E-state index in [0.29, 0.717) is 56.2 Å². The Bertz CT molecular complexity index is 1360. The van der Waals surface area contributed by atoms with E-state index in [1.165, 1.54) is 6.07 Å². The van der Waals surface area contributed by atoms with Gasteiger partial charge in [-0.25, -0.2) is 9.97 Å². The van der Waals surface area contributed by atoms with Gasteiger partial charge in [0.25, 0.3) is 0 Å². The van der Waals surface area contributed by atoms with Crippen LogP contribution in [0.4, 0.5) is 18.9 Å². The molecule has 2 aromatic heterocycles. The quantitative estimate of drug-likeness (QED) is 0.466. The number of alkyl halides is 3. The summed E-state index contributed by atoms with van der Waals surface area (Å²) in [6.07, 6.45) is 4.36. The summed E-state index contributed by atoms with van der Waals surface area (Å²) in [7, 11) is 0. The number of halogens is 3. The van der Waals surface area contributed by atoms with Crippen LogP contribution in [0.3, 0.4) is 0 Å². The van der Waals surface area contributed by atoms with Crippen molar-refractivity contribution in [3.8, 4) is 11.4 Å². The third-order valence-electron chi connectivity index (χ3n) is 8.62. The van der Waals surface area contributed by atoms with Crippen molar-refractivity contribution in [3.05, 3.63) is 72.3 Å². The number of hydrogen-bond donors (Lipinski definition) is 2. The Morgan fingerprint density at radius 2 is 1.71 bits per heavy atom. The van der Waals surface area contributed by atoms with Gasteiger partial charge in [0.1, 0.15) is 5.60 Å². The lowest BCUT2D eigenvalue weighted by Gasteiger charge is -2.41. The van der Waals surface area contributed by atoms with Gasteiger partial charge in [0.15, 0.2) is 5.82 Å². The lowest BCUT2D eigenvalue weighted by atomic mass is 9.79. The molecule has 216 valence electrons. The van der Waals surface area contributed by atoms with Crippen molar-refractivity contribution in [2.75, 3.05) is 31.1 Å². The number of nitrogens with one attached hydrogen (secondary N) is 1. The van der Waals surface area contributed by atoms with Crippen molar-refractivity contribution in [1.29, 1.82) is 0 Å². The first-order chi connectivity index (χ1) is 19.7. The predicted octanol–water partition coefficient (Wildman–Crippen LogP) is 4.01. The number of anilines is 1. The molecule has 1 amide bonds. The maximum atomic E-state index is 13.1. The predicted molar refractivity (Wildman–Crippen MR) is 147 cm³/mol. The molecule has 1 aliphatic carbocycles. The van der Waals surface area contributed by atoms with Crippen LogP contribution in [-0.4, -0.2) is 69.1 Å². The van der Waals surface area contributed by atoms with Crippen molar-refractivity contribution >= 4 is 11.6 Å². The number of aliphatic hydroxyl groups is 1. The van der Waals surface area contributed by atoms with Crippen LogP contribution in [0.2, 0.25) is 0 Å². The molecular weight excluding hydrogens is 533 g/mol. The van der Waals surface area contributed by atoms with E-state index in [1.54, 1.807) is 30.7 Å². The van der Waals surface area contributed by atoms with Crippen molar-refractivity contribution < 1.29 is 23.1 Å². The van der Waals surface area contributed by atoms with E-state index in [0.717, 1.165) is 37.0 Å². The van der Waals surface area contributed by atoms with E-state index in [-0.39, 0.29) is 23.9 Å². The summed E-state index contributed by atoms with van der Waals surface area (Å²) in [5.41, 5.74) is 0.318. The molecule has 2 saturated heterocycles. The Morgan fingerprint density at radius 1 is 0.951 bits per heavy atom. The molecule has 0 spiro atoms. The van der Waals surface area contributed by atoms with Crippen molar-refractivity contribution in [3.63, 3.8) is 0 Å². The number of rotatable bonds is 6. The SMILES string of the molecule is O=C(C1CN(c2cccc(C(F)(F)F)c2)C1)N1CC[C@H](NC2CCC(O)(c3ccc(-c4ncccn4)cn3)CC2)C1. The first-order valence-corrected chi connectivity index (χ1v) is 14.1. The number of benzene rings is 1. The van der Waals surface area contributed by atoms with E-state index in [4.69, 9.17) is 0 Å². The summed E-state index contributed by atoms with van der Waals surface area (Å²) in [4.78, 5) is 29.8. The third-order valence-corrected chi connectivity index (χ3v) is 8.62. The maximum absolute atomic E-state index is 13.1. The van der Waals surface area contributed by atoms with Gasteiger partial charge in [-0.05, 0) is 68.5 Å². The molecule has 3 fully saturated rings. The number of amides is 1. The maximum Gasteiger partial charge on any atom is 0.416 e. The lowest BCUT2D eigenvalue weighted by molar-refractivity contribution is -0.138. The largest absolute Gasteiger partial charge is 0.416 e. The number of aromatic nitrogens is 3. The molecule has 1 atom stereocenters. The number of carbonyl (C=O) groups excluding carboxylic acids is 1. The molecule has 0 bridgehead atoms. The molecule has 0 unspecified atom stereocenters. The van der Waals surface area contributed by atoms with Crippen LogP contribution in [-0.2, 0) is 16.6 Å². The van der Waals surface area contributed by atoms with Gasteiger partial charge in [0.2, 0.25) is 5.91 Å². The number of likely N-dealkylation sites (tertiary alicyclic amines) is 1. The van der Waals surface area contributed by atoms with Gasteiger partial charge in [0, 0.05) is 68.1 Å². The molecule has 3 aliphatic rings. The third kappa shape index (κ3) is 5.92. The minimum Gasteiger partial charge on any atom is -0.384 e. The van der Waals surface area contributed by atoms with E-state index in [1.807, 2.05) is 21.9 Å². The highest BCUT2D eigenvalue weighted by Gasteiger charge is 2.40. The summed E-state index contributed by atoms with van der Waals surface area (Å²) >= 11 is 0. The zero-order valence-electron chi connectivity index (χ0n) is 22.6. The van der Waals surface area contributed by atoms with Crippen molar-refractivity contribution in [1.82, 2.24) is 25.2 Å². The van der Waals surface area contributed by atoms with Crippen LogP contribution in [0.15, 0.2) is 61.1 Å². The number of nitrogens with zero attached hydrogens (tertiary/aromatic N) is 5. The molecule has 0 radical (unpaired) electrons. The van der Waals surface area contributed by atoms with Crippen molar-refractivity contribution in [2.24, 2.45) is 5.92 Å². The molecule has 2 N–H and O–H groups in total. The first kappa shape index (κ1) is 27.6. The fraction of sp³-hybridized carbons (Fsp3) is 0.467. The van der Waals surface area contributed by atoms with Gasteiger partial charge < -0.3 is 20.2 Å². The van der Waals surface area contributed by atoms with Crippen LogP contribution in [0.25, 0.3) is 11.4 Å². The topological polar surface area (TPSA) is 94.5 Å². The van der Waals surface area contributed by atoms with E-state index in [2.05, 4.69) is 20.3 Å². The molecule has 8 nitrogen and oxygen atoms in total. The fourth-order valence-corrected chi connectivity index (χ4v) is 6.18. The summed E-state index contributed by atoms with van der Waals surface area (Å²) in [6.45, 7) is 2.17. The molecule has 11 heteroatoms. The first-order valence-electron chi connectivity index (χ1n) is 14.1. The van der Waals surface area contributed by atoms with Crippen LogP contribution >= 0.6 is 0 Å². The average Bonchev–Trinajstić information content (AvgIpc) is 3.42. The molecule has 1 aromatic carbocycles. The Hall–Kier alpha value is -3.57. The minimum absolute atomic E-state index is 0.0750. The standard InChI is InChI=1S/C30H33F3N6O2/c31-30(32,33)22-3-1-4-25(15-22)39-17-21(18-39)28(40)38-14-9-24(19-38)37-23-7-10-29(41,11-8-23)26-6-5-20(16-36-26)27-34-12-2-13-35-27/h1-6,12-13,15-16,21,23-24,37,41H,7-11,14,17-19H2/t23?,24-,29?/m0/s1. The molecule has 41 heavy (non-hydrogen) atoms. The Balaban J connectivity index is 0.960. The highest BCUT2D eigenvalue weighted by atomic mass is 19.4. The van der Waals surface area contributed by atoms with Crippen LogP contribution in [0, 0.1) is 5.92 Å². The Kier molecular flexibility index (Phi) is 7.41. The van der Waals surface area contributed by atoms with E-state index < -0.39 is 17.3 Å². The lowest BCUT2D eigenvalue weighted by Crippen LogP contribution is -2.54. The van der Waals surface area contributed by atoms with Crippen LogP contribution < -0.4 is 10.2 Å². The zero-order chi connectivity index (χ0) is 28.6. The Morgan fingerprint density at radius 3 is 2.39 bits per heavy atom. The van der Waals surface area contributed by atoms with Gasteiger partial charge in [-0.15, -0.1) is 0 Å². The molecule has 6 rings (SSSR count). The highest BCUT2D eigenvalue weighted by Crippen LogP contribution is 2.37. The van der Waals surface area contributed by atoms with Gasteiger partial charge in [-0.3, -0.25) is 9.78 Å². The summed E-state index contributed by atoms with van der Waals surface area (Å²) < 4.78 is 39.1. The van der Waals surface area contributed by atoms with E-state index >= 15 is 0 Å². The summed E-state index contributed by atoms with van der Waals surface area (Å²) in [5, 5.41) is 15.0. The van der Waals surface area contributed by atoms with Crippen molar-refractivity contribution in [2.45, 2.75) is 56.0 Å². The summed E-state index contributed by atoms with van der Waals surface area (Å²) in [5.74, 6) is 0.479. The van der Waals surface area contributed by atoms with Crippen LogP contribution in [0.5, 0.6) is 0 Å². The number of carbonyl (C=O) groups is 1. The van der Waals surface area contributed by atoms with Gasteiger partial charge in [-0.1, -0.05) is 6.07 Å². The van der Waals surface area contributed by atoms with Gasteiger partial charge in [0.05, 0.1) is 17.2 Å². The monoisotopic (exact) mass is 566 g/mol. The summed E-state index contributed by atoms with van der Waals surface area (Å²) in [6, 6.07) is 11.2. The number of pyridine rings is 1. The molecule has 1 saturated carbocycles.